The Labute approximate surface area is 213 Å². The second kappa shape index (κ2) is 9.25. The van der Waals surface area contributed by atoms with Crippen LogP contribution in [-0.4, -0.2) is 61.7 Å². The van der Waals surface area contributed by atoms with Gasteiger partial charge in [-0.2, -0.15) is 0 Å². The summed E-state index contributed by atoms with van der Waals surface area (Å²) in [4.78, 5) is 25.1. The van der Waals surface area contributed by atoms with E-state index in [0.717, 1.165) is 66.0 Å². The second-order valence-electron chi connectivity index (χ2n) is 10.5. The molecule has 0 spiro atoms. The van der Waals surface area contributed by atoms with Crippen LogP contribution in [0.25, 0.3) is 11.2 Å². The molecule has 0 N–H and O–H groups in total. The van der Waals surface area contributed by atoms with Crippen LogP contribution in [0.3, 0.4) is 0 Å². The smallest absolute Gasteiger partial charge is 0.255 e. The Morgan fingerprint density at radius 3 is 2.67 bits per heavy atom. The van der Waals surface area contributed by atoms with Crippen LogP contribution in [0.5, 0.6) is 0 Å². The summed E-state index contributed by atoms with van der Waals surface area (Å²) in [5, 5.41) is 0. The maximum Gasteiger partial charge on any atom is 0.255 e. The van der Waals surface area contributed by atoms with Gasteiger partial charge in [0.15, 0.2) is 0 Å². The zero-order valence-electron chi connectivity index (χ0n) is 21.5. The molecule has 6 nitrogen and oxygen atoms in total. The van der Waals surface area contributed by atoms with Crippen LogP contribution in [0.1, 0.15) is 49.9 Å². The zero-order valence-corrected chi connectivity index (χ0v) is 21.5. The number of pyridine rings is 1. The van der Waals surface area contributed by atoms with Gasteiger partial charge in [-0.3, -0.25) is 14.6 Å². The summed E-state index contributed by atoms with van der Waals surface area (Å²) in [5.41, 5.74) is 7.10. The van der Waals surface area contributed by atoms with Gasteiger partial charge in [-0.15, -0.1) is 0 Å². The third-order valence-corrected chi connectivity index (χ3v) is 8.07. The molecule has 1 amide bonds. The van der Waals surface area contributed by atoms with Crippen LogP contribution in [0.2, 0.25) is 0 Å². The molecule has 3 aliphatic heterocycles. The minimum absolute atomic E-state index is 0.0245. The van der Waals surface area contributed by atoms with Gasteiger partial charge in [0, 0.05) is 62.1 Å². The van der Waals surface area contributed by atoms with E-state index >= 15 is 0 Å². The summed E-state index contributed by atoms with van der Waals surface area (Å²) in [6.07, 6.45) is 23.2. The van der Waals surface area contributed by atoms with Gasteiger partial charge in [-0.1, -0.05) is 25.5 Å². The van der Waals surface area contributed by atoms with E-state index in [-0.39, 0.29) is 5.91 Å². The number of aromatic nitrogens is 2. The van der Waals surface area contributed by atoms with Crippen LogP contribution >= 0.6 is 0 Å². The molecule has 2 aromatic rings. The highest BCUT2D eigenvalue weighted by atomic mass is 16.2. The number of carbonyl (C=O) groups is 1. The van der Waals surface area contributed by atoms with Crippen molar-refractivity contribution < 1.29 is 4.79 Å². The highest BCUT2D eigenvalue weighted by Gasteiger charge is 2.33. The molecule has 0 aromatic carbocycles. The van der Waals surface area contributed by atoms with E-state index in [1.165, 1.54) is 24.8 Å². The molecular formula is C30H35N5O. The Balaban J connectivity index is 1.27. The first-order valence-corrected chi connectivity index (χ1v) is 13.3. The number of allylic oxidation sites excluding steroid dienone is 6. The van der Waals surface area contributed by atoms with Crippen molar-refractivity contribution in [3.63, 3.8) is 0 Å². The lowest BCUT2D eigenvalue weighted by atomic mass is 9.89. The third-order valence-electron chi connectivity index (χ3n) is 8.07. The lowest BCUT2D eigenvalue weighted by Crippen LogP contribution is -2.56. The maximum atomic E-state index is 13.5. The lowest BCUT2D eigenvalue weighted by molar-refractivity contribution is -0.122. The first-order valence-electron chi connectivity index (χ1n) is 13.3. The number of aryl methyl sites for hydroxylation is 2. The zero-order chi connectivity index (χ0) is 24.8. The first-order chi connectivity index (χ1) is 17.5. The fraction of sp³-hybridized carbons (Fsp3) is 0.400. The van der Waals surface area contributed by atoms with E-state index in [2.05, 4.69) is 57.4 Å². The Bertz CT molecular complexity index is 1350. The summed E-state index contributed by atoms with van der Waals surface area (Å²) in [7, 11) is 0. The first kappa shape index (κ1) is 23.0. The topological polar surface area (TPSA) is 44.1 Å². The van der Waals surface area contributed by atoms with Gasteiger partial charge in [0.1, 0.15) is 5.65 Å². The number of nitrogens with zero attached hydrogens (tertiary/aromatic N) is 5. The van der Waals surface area contributed by atoms with Crippen LogP contribution in [0.4, 0.5) is 0 Å². The number of hydrogen-bond donors (Lipinski definition) is 0. The van der Waals surface area contributed by atoms with Gasteiger partial charge in [0.2, 0.25) is 0 Å². The maximum absolute atomic E-state index is 13.5. The van der Waals surface area contributed by atoms with Crippen molar-refractivity contribution in [3.8, 4) is 0 Å². The van der Waals surface area contributed by atoms with Crippen LogP contribution in [0.15, 0.2) is 72.5 Å². The van der Waals surface area contributed by atoms with E-state index in [4.69, 9.17) is 0 Å². The Hall–Kier alpha value is -3.38. The van der Waals surface area contributed by atoms with Crippen molar-refractivity contribution in [2.24, 2.45) is 0 Å². The molecule has 186 valence electrons. The molecule has 2 aromatic heterocycles. The summed E-state index contributed by atoms with van der Waals surface area (Å²) in [5.74, 6) is -0.0245. The number of amides is 1. The molecule has 4 aliphatic rings. The van der Waals surface area contributed by atoms with E-state index in [1.54, 1.807) is 11.0 Å². The predicted octanol–water partition coefficient (Wildman–Crippen LogP) is 4.84. The molecule has 2 fully saturated rings. The van der Waals surface area contributed by atoms with Crippen LogP contribution in [-0.2, 0) is 11.2 Å². The lowest BCUT2D eigenvalue weighted by Gasteiger charge is -2.48. The van der Waals surface area contributed by atoms with Crippen LogP contribution < -0.4 is 0 Å². The van der Waals surface area contributed by atoms with Gasteiger partial charge in [0.25, 0.3) is 5.91 Å². The van der Waals surface area contributed by atoms with Crippen LogP contribution in [0, 0.1) is 6.92 Å². The van der Waals surface area contributed by atoms with E-state index in [0.29, 0.717) is 6.04 Å². The molecule has 1 atom stereocenters. The minimum Gasteiger partial charge on any atom is -0.367 e. The highest BCUT2D eigenvalue weighted by Crippen LogP contribution is 2.31. The fourth-order valence-corrected chi connectivity index (χ4v) is 5.87. The summed E-state index contributed by atoms with van der Waals surface area (Å²) >= 11 is 0. The molecule has 6 rings (SSSR count). The van der Waals surface area contributed by atoms with Crippen molar-refractivity contribution in [1.29, 1.82) is 0 Å². The molecule has 36 heavy (non-hydrogen) atoms. The number of piperazine rings is 1. The molecule has 5 heterocycles. The largest absolute Gasteiger partial charge is 0.367 e. The molecule has 0 unspecified atom stereocenters. The standard InChI is InChI=1S/C30H35N5O/c1-4-23-15-25(19-33-17-21(2)31-30(23)33)24-7-5-8-27-11-12-28(20-35(27)29(36)16-24)32-13-14-34(22(3)18-32)26-9-6-10-26/h5,7-8,11-12,15-17,19-20,22,26H,4,6,9-10,13-14,18H2,1-3H3/b7-5+,24-16+,27-8+/t22-/m1/s1. The third kappa shape index (κ3) is 4.13. The van der Waals surface area contributed by atoms with E-state index < -0.39 is 0 Å². The SMILES string of the molecule is CCc1cc(C2=C\C(=O)N3C=C(N4CCN(C5CCC5)[C@H](C)C4)C=C\C3=C/C=C/2)cn2cc(C)nc12. The van der Waals surface area contributed by atoms with Gasteiger partial charge >= 0.3 is 0 Å². The number of imidazole rings is 1. The quantitative estimate of drug-likeness (QED) is 0.627. The fourth-order valence-electron chi connectivity index (χ4n) is 5.87. The molecule has 1 aliphatic carbocycles. The van der Waals surface area contributed by atoms with Crippen molar-refractivity contribution in [2.45, 2.75) is 58.5 Å². The second-order valence-corrected chi connectivity index (χ2v) is 10.5. The van der Waals surface area contributed by atoms with Crippen molar-refractivity contribution in [2.75, 3.05) is 19.6 Å². The van der Waals surface area contributed by atoms with Crippen molar-refractivity contribution >= 4 is 17.1 Å². The van der Waals surface area contributed by atoms with E-state index in [9.17, 15) is 4.79 Å². The normalized spacial score (nSPS) is 26.9. The molecular weight excluding hydrogens is 446 g/mol. The molecule has 6 heteroatoms. The van der Waals surface area contributed by atoms with Crippen molar-refractivity contribution in [3.05, 3.63) is 89.3 Å². The molecule has 0 radical (unpaired) electrons. The number of carbonyl (C=O) groups excluding carboxylic acids is 1. The Morgan fingerprint density at radius 1 is 1.08 bits per heavy atom. The minimum atomic E-state index is -0.0245. The van der Waals surface area contributed by atoms with Gasteiger partial charge in [-0.25, -0.2) is 4.98 Å². The van der Waals surface area contributed by atoms with Gasteiger partial charge in [0.05, 0.1) is 11.4 Å². The Morgan fingerprint density at radius 2 is 1.92 bits per heavy atom. The average molecular weight is 482 g/mol. The number of fused-ring (bicyclic) bond motifs is 2. The summed E-state index contributed by atoms with van der Waals surface area (Å²) < 4.78 is 2.08. The highest BCUT2D eigenvalue weighted by molar-refractivity contribution is 6.00. The molecule has 1 saturated carbocycles. The summed E-state index contributed by atoms with van der Waals surface area (Å²) in [6, 6.07) is 3.47. The molecule has 1 saturated heterocycles. The number of hydrogen-bond acceptors (Lipinski definition) is 4. The van der Waals surface area contributed by atoms with E-state index in [1.807, 2.05) is 37.5 Å². The average Bonchev–Trinajstić information content (AvgIpc) is 3.21. The predicted molar refractivity (Wildman–Crippen MR) is 144 cm³/mol. The monoisotopic (exact) mass is 481 g/mol. The van der Waals surface area contributed by atoms with Gasteiger partial charge in [-0.05, 0) is 74.1 Å². The Kier molecular flexibility index (Phi) is 5.92. The summed E-state index contributed by atoms with van der Waals surface area (Å²) in [6.45, 7) is 9.59. The number of rotatable bonds is 4. The van der Waals surface area contributed by atoms with Gasteiger partial charge < -0.3 is 9.30 Å². The molecule has 0 bridgehead atoms. The van der Waals surface area contributed by atoms with Crippen molar-refractivity contribution in [1.82, 2.24) is 24.1 Å².